The highest BCUT2D eigenvalue weighted by Gasteiger charge is 2.43. The van der Waals surface area contributed by atoms with E-state index in [9.17, 15) is 4.79 Å². The van der Waals surface area contributed by atoms with E-state index in [0.29, 0.717) is 6.54 Å². The van der Waals surface area contributed by atoms with Gasteiger partial charge in [0, 0.05) is 24.1 Å². The van der Waals surface area contributed by atoms with Crippen LogP contribution in [0.4, 0.5) is 4.79 Å². The number of ether oxygens (including phenoxy) is 2. The van der Waals surface area contributed by atoms with Gasteiger partial charge in [-0.05, 0) is 70.0 Å². The van der Waals surface area contributed by atoms with Crippen LogP contribution in [-0.4, -0.2) is 36.3 Å². The van der Waals surface area contributed by atoms with Crippen LogP contribution in [0.15, 0.2) is 48.5 Å². The summed E-state index contributed by atoms with van der Waals surface area (Å²) in [5, 5.41) is 2.86. The molecule has 1 saturated heterocycles. The minimum atomic E-state index is -0.492. The average molecular weight is 409 g/mol. The fourth-order valence-corrected chi connectivity index (χ4v) is 4.40. The lowest BCUT2D eigenvalue weighted by Crippen LogP contribution is -2.43. The van der Waals surface area contributed by atoms with Crippen LogP contribution in [0.1, 0.15) is 50.3 Å². The standard InChI is InChI=1S/C25H32N2O3/c1-24(2,3)30-23(28)26-16-20-9-10-22-21(15-20)25(18-29-22)11-13-27(14-12-25)17-19-7-5-4-6-8-19/h4-10,15H,11-14,16-18H2,1-3H3,(H,26,28). The first-order valence-electron chi connectivity index (χ1n) is 10.8. The van der Waals surface area contributed by atoms with Crippen LogP contribution < -0.4 is 10.1 Å². The summed E-state index contributed by atoms with van der Waals surface area (Å²) in [5.74, 6) is 0.993. The van der Waals surface area contributed by atoms with Crippen molar-refractivity contribution in [1.82, 2.24) is 10.2 Å². The Kier molecular flexibility index (Phi) is 5.74. The SMILES string of the molecule is CC(C)(C)OC(=O)NCc1ccc2c(c1)C1(CCN(Cc3ccccc3)CC1)CO2. The van der Waals surface area contributed by atoms with Gasteiger partial charge in [-0.15, -0.1) is 0 Å². The normalized spacial score (nSPS) is 18.0. The van der Waals surface area contributed by atoms with Gasteiger partial charge < -0.3 is 14.8 Å². The molecule has 5 heteroatoms. The van der Waals surface area contributed by atoms with Gasteiger partial charge in [0.2, 0.25) is 0 Å². The van der Waals surface area contributed by atoms with Crippen molar-refractivity contribution in [2.45, 2.75) is 57.7 Å². The molecule has 5 nitrogen and oxygen atoms in total. The molecule has 0 aliphatic carbocycles. The van der Waals surface area contributed by atoms with Gasteiger partial charge >= 0.3 is 6.09 Å². The molecular formula is C25H32N2O3. The van der Waals surface area contributed by atoms with Crippen molar-refractivity contribution in [2.75, 3.05) is 19.7 Å². The fraction of sp³-hybridized carbons (Fsp3) is 0.480. The largest absolute Gasteiger partial charge is 0.492 e. The van der Waals surface area contributed by atoms with Gasteiger partial charge in [-0.2, -0.15) is 0 Å². The summed E-state index contributed by atoms with van der Waals surface area (Å²) in [4.78, 5) is 14.5. The number of carbonyl (C=O) groups excluding carboxylic acids is 1. The second-order valence-corrected chi connectivity index (χ2v) is 9.52. The highest BCUT2D eigenvalue weighted by molar-refractivity contribution is 5.67. The molecule has 160 valence electrons. The van der Waals surface area contributed by atoms with Crippen molar-refractivity contribution < 1.29 is 14.3 Å². The predicted octanol–water partition coefficient (Wildman–Crippen LogP) is 4.64. The molecule has 2 aromatic rings. The molecule has 0 unspecified atom stereocenters. The van der Waals surface area contributed by atoms with E-state index in [0.717, 1.165) is 50.4 Å². The summed E-state index contributed by atoms with van der Waals surface area (Å²) in [5.41, 5.74) is 3.34. The van der Waals surface area contributed by atoms with Crippen LogP contribution in [0.2, 0.25) is 0 Å². The van der Waals surface area contributed by atoms with E-state index in [2.05, 4.69) is 46.6 Å². The maximum Gasteiger partial charge on any atom is 0.407 e. The van der Waals surface area contributed by atoms with Crippen LogP contribution in [-0.2, 0) is 23.2 Å². The average Bonchev–Trinajstić information content (AvgIpc) is 3.06. The Balaban J connectivity index is 1.39. The Bertz CT molecular complexity index is 881. The molecule has 0 bridgehead atoms. The van der Waals surface area contributed by atoms with Gasteiger partial charge in [0.05, 0.1) is 6.61 Å². The van der Waals surface area contributed by atoms with E-state index in [1.165, 1.54) is 11.1 Å². The van der Waals surface area contributed by atoms with Gasteiger partial charge in [-0.25, -0.2) is 4.79 Å². The number of likely N-dealkylation sites (tertiary alicyclic amines) is 1. The summed E-state index contributed by atoms with van der Waals surface area (Å²) in [6.45, 7) is 9.96. The van der Waals surface area contributed by atoms with Gasteiger partial charge in [0.25, 0.3) is 0 Å². The van der Waals surface area contributed by atoms with E-state index in [1.807, 2.05) is 32.9 Å². The van der Waals surface area contributed by atoms with Crippen LogP contribution in [0.5, 0.6) is 5.75 Å². The molecule has 0 aromatic heterocycles. The number of alkyl carbamates (subject to hydrolysis) is 1. The number of fused-ring (bicyclic) bond motifs is 2. The Morgan fingerprint density at radius 1 is 1.10 bits per heavy atom. The molecule has 1 fully saturated rings. The molecular weight excluding hydrogens is 376 g/mol. The summed E-state index contributed by atoms with van der Waals surface area (Å²) in [6.07, 6.45) is 1.80. The summed E-state index contributed by atoms with van der Waals surface area (Å²) >= 11 is 0. The molecule has 0 saturated carbocycles. The summed E-state index contributed by atoms with van der Waals surface area (Å²) < 4.78 is 11.4. The van der Waals surface area contributed by atoms with E-state index in [1.54, 1.807) is 0 Å². The van der Waals surface area contributed by atoms with E-state index < -0.39 is 5.60 Å². The second-order valence-electron chi connectivity index (χ2n) is 9.52. The zero-order chi connectivity index (χ0) is 21.2. The van der Waals surface area contributed by atoms with E-state index >= 15 is 0 Å². The predicted molar refractivity (Wildman–Crippen MR) is 118 cm³/mol. The van der Waals surface area contributed by atoms with Crippen molar-refractivity contribution in [3.05, 3.63) is 65.2 Å². The number of nitrogens with zero attached hydrogens (tertiary/aromatic N) is 1. The van der Waals surface area contributed by atoms with Crippen LogP contribution in [0, 0.1) is 0 Å². The first-order chi connectivity index (χ1) is 14.3. The zero-order valence-corrected chi connectivity index (χ0v) is 18.2. The van der Waals surface area contributed by atoms with Crippen molar-refractivity contribution in [1.29, 1.82) is 0 Å². The van der Waals surface area contributed by atoms with Gasteiger partial charge in [-0.3, -0.25) is 4.90 Å². The fourth-order valence-electron chi connectivity index (χ4n) is 4.40. The van der Waals surface area contributed by atoms with Gasteiger partial charge in [0.15, 0.2) is 0 Å². The number of hydrogen-bond acceptors (Lipinski definition) is 4. The van der Waals surface area contributed by atoms with E-state index in [-0.39, 0.29) is 11.5 Å². The Hall–Kier alpha value is -2.53. The summed E-state index contributed by atoms with van der Waals surface area (Å²) in [6, 6.07) is 17.0. The Morgan fingerprint density at radius 3 is 2.53 bits per heavy atom. The number of carbonyl (C=O) groups is 1. The highest BCUT2D eigenvalue weighted by atomic mass is 16.6. The number of benzene rings is 2. The molecule has 30 heavy (non-hydrogen) atoms. The molecule has 2 aromatic carbocycles. The van der Waals surface area contributed by atoms with Gasteiger partial charge in [0.1, 0.15) is 11.4 Å². The van der Waals surface area contributed by atoms with Crippen LogP contribution in [0.3, 0.4) is 0 Å². The smallest absolute Gasteiger partial charge is 0.407 e. The third-order valence-corrected chi connectivity index (χ3v) is 6.02. The van der Waals surface area contributed by atoms with E-state index in [4.69, 9.17) is 9.47 Å². The quantitative estimate of drug-likeness (QED) is 0.801. The third-order valence-electron chi connectivity index (χ3n) is 6.02. The minimum absolute atomic E-state index is 0.0877. The monoisotopic (exact) mass is 408 g/mol. The van der Waals surface area contributed by atoms with Crippen LogP contribution in [0.25, 0.3) is 0 Å². The van der Waals surface area contributed by atoms with Gasteiger partial charge in [-0.1, -0.05) is 36.4 Å². The van der Waals surface area contributed by atoms with Crippen LogP contribution >= 0.6 is 0 Å². The molecule has 4 rings (SSSR count). The Labute approximate surface area is 179 Å². The number of rotatable bonds is 4. The number of piperidine rings is 1. The maximum atomic E-state index is 12.0. The number of hydrogen-bond donors (Lipinski definition) is 1. The zero-order valence-electron chi connectivity index (χ0n) is 18.2. The molecule has 1 spiro atoms. The maximum absolute atomic E-state index is 12.0. The summed E-state index contributed by atoms with van der Waals surface area (Å²) in [7, 11) is 0. The van der Waals surface area contributed by atoms with Crippen molar-refractivity contribution >= 4 is 6.09 Å². The topological polar surface area (TPSA) is 50.8 Å². The molecule has 1 N–H and O–H groups in total. The molecule has 2 aliphatic heterocycles. The molecule has 1 amide bonds. The van der Waals surface area contributed by atoms with Crippen molar-refractivity contribution in [2.24, 2.45) is 0 Å². The van der Waals surface area contributed by atoms with Crippen molar-refractivity contribution in [3.63, 3.8) is 0 Å². The third kappa shape index (κ3) is 4.78. The molecule has 2 aliphatic rings. The first-order valence-corrected chi connectivity index (χ1v) is 10.8. The lowest BCUT2D eigenvalue weighted by molar-refractivity contribution is 0.0523. The molecule has 0 atom stereocenters. The van der Waals surface area contributed by atoms with Crippen molar-refractivity contribution in [3.8, 4) is 5.75 Å². The number of nitrogens with one attached hydrogen (secondary N) is 1. The number of amides is 1. The first kappa shape index (κ1) is 20.7. The lowest BCUT2D eigenvalue weighted by atomic mass is 9.74. The minimum Gasteiger partial charge on any atom is -0.492 e. The molecule has 2 heterocycles. The lowest BCUT2D eigenvalue weighted by Gasteiger charge is -2.38. The highest BCUT2D eigenvalue weighted by Crippen LogP contribution is 2.46. The Morgan fingerprint density at radius 2 is 1.83 bits per heavy atom. The molecule has 0 radical (unpaired) electrons. The second kappa shape index (κ2) is 8.31.